The molecule has 0 radical (unpaired) electrons. The maximum Gasteiger partial charge on any atom is 0.269 e. The van der Waals surface area contributed by atoms with Crippen LogP contribution in [0.25, 0.3) is 0 Å². The quantitative estimate of drug-likeness (QED) is 0.900. The minimum Gasteiger partial charge on any atom is -0.486 e. The van der Waals surface area contributed by atoms with E-state index < -0.39 is 12.6 Å². The molecule has 1 aliphatic heterocycles. The molecule has 1 aromatic heterocycles. The Bertz CT molecular complexity index is 671. The summed E-state index contributed by atoms with van der Waals surface area (Å²) in [5, 5.41) is 7.72. The third-order valence-corrected chi connectivity index (χ3v) is 3.49. The van der Waals surface area contributed by atoms with Gasteiger partial charge in [-0.15, -0.1) is 10.2 Å². The Morgan fingerprint density at radius 1 is 1.27 bits per heavy atom. The molecule has 0 bridgehead atoms. The van der Waals surface area contributed by atoms with Crippen LogP contribution in [0.4, 0.5) is 10.2 Å². The number of anilines is 1. The van der Waals surface area contributed by atoms with Crippen LogP contribution in [0, 0.1) is 0 Å². The van der Waals surface area contributed by atoms with Gasteiger partial charge in [0.1, 0.15) is 18.5 Å². The third kappa shape index (κ3) is 2.83. The number of para-hydroxylation sites is 1. The lowest BCUT2D eigenvalue weighted by molar-refractivity contribution is 0.0994. The maximum absolute atomic E-state index is 12.9. The Morgan fingerprint density at radius 2 is 2.05 bits per heavy atom. The van der Waals surface area contributed by atoms with Crippen molar-refractivity contribution >= 4 is 11.7 Å². The van der Waals surface area contributed by atoms with Crippen LogP contribution in [0.3, 0.4) is 0 Å². The largest absolute Gasteiger partial charge is 0.486 e. The van der Waals surface area contributed by atoms with Crippen LogP contribution in [-0.2, 0) is 6.67 Å². The molecule has 0 spiro atoms. The Balaban J connectivity index is 1.59. The van der Waals surface area contributed by atoms with Crippen LogP contribution in [-0.4, -0.2) is 35.3 Å². The molecular formula is C15H15FN4O2. The summed E-state index contributed by atoms with van der Waals surface area (Å²) in [6, 6.07) is 10.3. The number of carbonyl (C=O) groups excluding carboxylic acids is 1. The molecule has 0 aliphatic carbocycles. The van der Waals surface area contributed by atoms with Gasteiger partial charge in [-0.3, -0.25) is 4.79 Å². The number of nitrogens with two attached hydrogens (primary N) is 1. The van der Waals surface area contributed by atoms with E-state index in [0.29, 0.717) is 30.2 Å². The van der Waals surface area contributed by atoms with E-state index in [1.165, 1.54) is 6.07 Å². The molecule has 3 rings (SSSR count). The summed E-state index contributed by atoms with van der Waals surface area (Å²) in [5.41, 5.74) is 5.80. The van der Waals surface area contributed by atoms with Crippen molar-refractivity contribution in [1.82, 2.24) is 10.2 Å². The van der Waals surface area contributed by atoms with Gasteiger partial charge in [0.15, 0.2) is 11.5 Å². The van der Waals surface area contributed by atoms with Gasteiger partial charge in [0, 0.05) is 5.56 Å². The van der Waals surface area contributed by atoms with Crippen LogP contribution >= 0.6 is 0 Å². The van der Waals surface area contributed by atoms with Crippen LogP contribution in [0.1, 0.15) is 16.1 Å². The lowest BCUT2D eigenvalue weighted by Gasteiger charge is -2.39. The van der Waals surface area contributed by atoms with Crippen LogP contribution in [0.5, 0.6) is 5.75 Å². The number of halogens is 1. The first-order valence-corrected chi connectivity index (χ1v) is 6.86. The average molecular weight is 302 g/mol. The highest BCUT2D eigenvalue weighted by Crippen LogP contribution is 2.25. The van der Waals surface area contributed by atoms with E-state index in [1.807, 2.05) is 11.0 Å². The molecular weight excluding hydrogens is 287 g/mol. The number of amides is 1. The lowest BCUT2D eigenvalue weighted by atomic mass is 10.1. The second-order valence-electron chi connectivity index (χ2n) is 5.03. The highest BCUT2D eigenvalue weighted by Gasteiger charge is 2.30. The zero-order chi connectivity index (χ0) is 15.5. The van der Waals surface area contributed by atoms with Crippen LogP contribution in [0.2, 0.25) is 0 Å². The Hall–Kier alpha value is -2.70. The van der Waals surface area contributed by atoms with E-state index >= 15 is 0 Å². The van der Waals surface area contributed by atoms with Gasteiger partial charge in [0.2, 0.25) is 0 Å². The van der Waals surface area contributed by atoms with Gasteiger partial charge in [-0.1, -0.05) is 18.2 Å². The number of benzene rings is 1. The first-order chi connectivity index (χ1) is 10.7. The second-order valence-corrected chi connectivity index (χ2v) is 5.03. The molecule has 0 atom stereocenters. The zero-order valence-corrected chi connectivity index (χ0v) is 11.8. The number of nitrogens with zero attached hydrogens (tertiary/aromatic N) is 3. The fraction of sp³-hybridized carbons (Fsp3) is 0.267. The molecule has 114 valence electrons. The van der Waals surface area contributed by atoms with Gasteiger partial charge >= 0.3 is 0 Å². The minimum absolute atomic E-state index is 0.0229. The van der Waals surface area contributed by atoms with E-state index in [9.17, 15) is 9.18 Å². The fourth-order valence-electron chi connectivity index (χ4n) is 2.23. The topological polar surface area (TPSA) is 81.3 Å². The van der Waals surface area contributed by atoms with Crippen molar-refractivity contribution in [3.8, 4) is 5.75 Å². The first kappa shape index (κ1) is 14.2. The summed E-state index contributed by atoms with van der Waals surface area (Å²) in [6.45, 7) is 0.711. The van der Waals surface area contributed by atoms with Crippen LogP contribution in [0.15, 0.2) is 36.4 Å². The number of aromatic nitrogens is 2. The van der Waals surface area contributed by atoms with Crippen molar-refractivity contribution < 1.29 is 13.9 Å². The van der Waals surface area contributed by atoms with E-state index in [1.54, 1.807) is 24.3 Å². The highest BCUT2D eigenvalue weighted by atomic mass is 19.1. The van der Waals surface area contributed by atoms with Crippen molar-refractivity contribution in [2.24, 2.45) is 5.73 Å². The van der Waals surface area contributed by atoms with E-state index in [2.05, 4.69) is 10.2 Å². The number of hydrogen-bond acceptors (Lipinski definition) is 5. The molecule has 1 aromatic carbocycles. The number of hydrogen-bond donors (Lipinski definition) is 1. The smallest absolute Gasteiger partial charge is 0.269 e. The molecule has 1 fully saturated rings. The Labute approximate surface area is 126 Å². The number of ether oxygens (including phenoxy) is 1. The van der Waals surface area contributed by atoms with Crippen molar-refractivity contribution in [2.75, 3.05) is 18.0 Å². The summed E-state index contributed by atoms with van der Waals surface area (Å²) in [5.74, 6) is 0.625. The van der Waals surface area contributed by atoms with E-state index in [-0.39, 0.29) is 11.8 Å². The maximum atomic E-state index is 12.9. The normalized spacial score (nSPS) is 14.5. The molecule has 2 aromatic rings. The number of rotatable bonds is 5. The first-order valence-electron chi connectivity index (χ1n) is 6.86. The van der Waals surface area contributed by atoms with E-state index in [4.69, 9.17) is 10.5 Å². The Morgan fingerprint density at radius 3 is 2.68 bits per heavy atom. The molecule has 7 heteroatoms. The third-order valence-electron chi connectivity index (χ3n) is 3.49. The molecule has 1 amide bonds. The summed E-state index contributed by atoms with van der Waals surface area (Å²) in [6.07, 6.45) is -0.0229. The van der Waals surface area contributed by atoms with Crippen molar-refractivity contribution in [3.63, 3.8) is 0 Å². The van der Waals surface area contributed by atoms with Gasteiger partial charge < -0.3 is 15.4 Å². The summed E-state index contributed by atoms with van der Waals surface area (Å²) < 4.78 is 18.6. The van der Waals surface area contributed by atoms with Crippen molar-refractivity contribution in [3.05, 3.63) is 47.7 Å². The molecule has 2 heterocycles. The molecule has 22 heavy (non-hydrogen) atoms. The summed E-state index contributed by atoms with van der Waals surface area (Å²) >= 11 is 0. The second kappa shape index (κ2) is 5.97. The Kier molecular flexibility index (Phi) is 3.86. The molecule has 0 saturated carbocycles. The fourth-order valence-corrected chi connectivity index (χ4v) is 2.23. The summed E-state index contributed by atoms with van der Waals surface area (Å²) in [7, 11) is 0. The van der Waals surface area contributed by atoms with Gasteiger partial charge in [-0.25, -0.2) is 4.39 Å². The predicted molar refractivity (Wildman–Crippen MR) is 78.4 cm³/mol. The SMILES string of the molecule is NC(=O)c1ccc(N2CC(Oc3ccccc3CF)C2)nn1. The van der Waals surface area contributed by atoms with Crippen molar-refractivity contribution in [2.45, 2.75) is 12.8 Å². The molecule has 2 N–H and O–H groups in total. The van der Waals surface area contributed by atoms with Gasteiger partial charge in [-0.2, -0.15) is 0 Å². The van der Waals surface area contributed by atoms with Gasteiger partial charge in [0.25, 0.3) is 5.91 Å². The minimum atomic E-state index is -0.605. The molecule has 6 nitrogen and oxygen atoms in total. The lowest BCUT2D eigenvalue weighted by Crippen LogP contribution is -2.54. The number of alkyl halides is 1. The monoisotopic (exact) mass is 302 g/mol. The molecule has 0 unspecified atom stereocenters. The van der Waals surface area contributed by atoms with Gasteiger partial charge in [0.05, 0.1) is 13.1 Å². The summed E-state index contributed by atoms with van der Waals surface area (Å²) in [4.78, 5) is 12.9. The molecule has 1 saturated heterocycles. The standard InChI is InChI=1S/C15H15FN4O2/c16-7-10-3-1-2-4-13(10)22-11-8-20(9-11)14-6-5-12(15(17)21)18-19-14/h1-6,11H,7-9H2,(H2,17,21). The molecule has 1 aliphatic rings. The average Bonchev–Trinajstić information content (AvgIpc) is 2.51. The predicted octanol–water partition coefficient (Wildman–Crippen LogP) is 1.31. The zero-order valence-electron chi connectivity index (χ0n) is 11.8. The number of carbonyl (C=O) groups is 1. The van der Waals surface area contributed by atoms with E-state index in [0.717, 1.165) is 0 Å². The van der Waals surface area contributed by atoms with Crippen molar-refractivity contribution in [1.29, 1.82) is 0 Å². The van der Waals surface area contributed by atoms with Crippen LogP contribution < -0.4 is 15.4 Å². The number of primary amides is 1. The van der Waals surface area contributed by atoms with Gasteiger partial charge in [-0.05, 0) is 18.2 Å². The highest BCUT2D eigenvalue weighted by molar-refractivity contribution is 5.90.